The maximum absolute atomic E-state index is 12.5. The quantitative estimate of drug-likeness (QED) is 0.771. The van der Waals surface area contributed by atoms with E-state index < -0.39 is 11.7 Å². The van der Waals surface area contributed by atoms with Gasteiger partial charge in [0.2, 0.25) is 0 Å². The number of rotatable bonds is 5. The van der Waals surface area contributed by atoms with E-state index in [9.17, 15) is 18.0 Å². The molecule has 1 aromatic carbocycles. The van der Waals surface area contributed by atoms with E-state index in [0.29, 0.717) is 30.7 Å². The van der Waals surface area contributed by atoms with Crippen LogP contribution >= 0.6 is 0 Å². The van der Waals surface area contributed by atoms with Crippen LogP contribution in [0.1, 0.15) is 37.8 Å². The molecule has 0 atom stereocenters. The molecule has 0 bridgehead atoms. The number of aryl methyl sites for hydroxylation is 1. The van der Waals surface area contributed by atoms with Crippen molar-refractivity contribution in [3.8, 4) is 0 Å². The minimum absolute atomic E-state index is 0.0995. The highest BCUT2D eigenvalue weighted by molar-refractivity contribution is 5.78. The first-order valence-electron chi connectivity index (χ1n) is 5.97. The van der Waals surface area contributed by atoms with Gasteiger partial charge < -0.3 is 0 Å². The van der Waals surface area contributed by atoms with Gasteiger partial charge in [0.15, 0.2) is 0 Å². The van der Waals surface area contributed by atoms with Crippen molar-refractivity contribution in [3.05, 3.63) is 35.4 Å². The molecule has 1 rings (SSSR count). The van der Waals surface area contributed by atoms with Gasteiger partial charge in [-0.25, -0.2) is 0 Å². The van der Waals surface area contributed by atoms with Gasteiger partial charge in [0.25, 0.3) is 0 Å². The third kappa shape index (κ3) is 4.90. The van der Waals surface area contributed by atoms with Gasteiger partial charge in [-0.1, -0.05) is 32.0 Å². The second-order valence-corrected chi connectivity index (χ2v) is 4.83. The van der Waals surface area contributed by atoms with E-state index in [2.05, 4.69) is 0 Å². The summed E-state index contributed by atoms with van der Waals surface area (Å²) in [6, 6.07) is 5.16. The lowest BCUT2D eigenvalue weighted by Gasteiger charge is -2.09. The molecular formula is C14H17F3O. The van der Waals surface area contributed by atoms with Crippen molar-refractivity contribution in [2.45, 2.75) is 39.3 Å². The largest absolute Gasteiger partial charge is 0.416 e. The van der Waals surface area contributed by atoms with E-state index in [1.807, 2.05) is 13.8 Å². The molecule has 0 aliphatic rings. The molecule has 1 nitrogen and oxygen atoms in total. The molecule has 0 amide bonds. The molecule has 0 saturated carbocycles. The van der Waals surface area contributed by atoms with Crippen molar-refractivity contribution >= 4 is 5.78 Å². The number of Topliss-reactive ketones (excluding diaryl/α,β-unsaturated/α-hetero) is 1. The Morgan fingerprint density at radius 3 is 2.50 bits per heavy atom. The van der Waals surface area contributed by atoms with Crippen LogP contribution in [-0.2, 0) is 17.4 Å². The Hall–Kier alpha value is -1.32. The van der Waals surface area contributed by atoms with Gasteiger partial charge >= 0.3 is 6.18 Å². The molecule has 0 radical (unpaired) electrons. The fourth-order valence-electron chi connectivity index (χ4n) is 1.74. The van der Waals surface area contributed by atoms with Gasteiger partial charge in [0.1, 0.15) is 5.78 Å². The summed E-state index contributed by atoms with van der Waals surface area (Å²) in [6.07, 6.45) is -3.16. The lowest BCUT2D eigenvalue weighted by molar-refractivity contribution is -0.137. The summed E-state index contributed by atoms with van der Waals surface area (Å²) in [5.74, 6) is 0.390. The van der Waals surface area contributed by atoms with Crippen molar-refractivity contribution in [1.29, 1.82) is 0 Å². The maximum atomic E-state index is 12.5. The molecule has 0 spiro atoms. The van der Waals surface area contributed by atoms with Crippen LogP contribution in [0.2, 0.25) is 0 Å². The van der Waals surface area contributed by atoms with Crippen LogP contribution < -0.4 is 0 Å². The predicted molar refractivity (Wildman–Crippen MR) is 64.2 cm³/mol. The lowest BCUT2D eigenvalue weighted by atomic mass is 10.00. The molecule has 0 aromatic heterocycles. The summed E-state index contributed by atoms with van der Waals surface area (Å²) >= 11 is 0. The van der Waals surface area contributed by atoms with E-state index in [4.69, 9.17) is 0 Å². The Labute approximate surface area is 105 Å². The molecule has 0 fully saturated rings. The first-order chi connectivity index (χ1) is 8.29. The summed E-state index contributed by atoms with van der Waals surface area (Å²) in [5.41, 5.74) is -0.0989. The Balaban J connectivity index is 2.61. The Bertz CT molecular complexity index is 408. The number of ketones is 1. The molecule has 0 aliphatic heterocycles. The summed E-state index contributed by atoms with van der Waals surface area (Å²) in [4.78, 5) is 11.5. The van der Waals surface area contributed by atoms with Crippen molar-refractivity contribution < 1.29 is 18.0 Å². The molecule has 0 aliphatic carbocycles. The summed E-state index contributed by atoms with van der Waals surface area (Å²) in [6.45, 7) is 3.89. The van der Waals surface area contributed by atoms with E-state index >= 15 is 0 Å². The van der Waals surface area contributed by atoms with Gasteiger partial charge in [-0.2, -0.15) is 13.2 Å². The van der Waals surface area contributed by atoms with Gasteiger partial charge in [-0.3, -0.25) is 4.79 Å². The van der Waals surface area contributed by atoms with Crippen LogP contribution in [0.3, 0.4) is 0 Å². The highest BCUT2D eigenvalue weighted by atomic mass is 19.4. The molecule has 100 valence electrons. The molecule has 0 unspecified atom stereocenters. The number of alkyl halides is 3. The van der Waals surface area contributed by atoms with Gasteiger partial charge in [-0.15, -0.1) is 0 Å². The zero-order valence-electron chi connectivity index (χ0n) is 10.6. The first kappa shape index (κ1) is 14.7. The average molecular weight is 258 g/mol. The van der Waals surface area contributed by atoms with Crippen LogP contribution in [0.4, 0.5) is 13.2 Å². The Morgan fingerprint density at radius 1 is 1.28 bits per heavy atom. The van der Waals surface area contributed by atoms with E-state index in [-0.39, 0.29) is 5.78 Å². The van der Waals surface area contributed by atoms with E-state index in [1.54, 1.807) is 6.07 Å². The number of halogens is 3. The van der Waals surface area contributed by atoms with Crippen LogP contribution in [0, 0.1) is 5.92 Å². The Kier molecular flexibility index (Phi) is 4.93. The normalized spacial score (nSPS) is 11.9. The fourth-order valence-corrected chi connectivity index (χ4v) is 1.74. The van der Waals surface area contributed by atoms with Crippen molar-refractivity contribution in [1.82, 2.24) is 0 Å². The topological polar surface area (TPSA) is 17.1 Å². The van der Waals surface area contributed by atoms with Gasteiger partial charge in [0.05, 0.1) is 5.56 Å². The smallest absolute Gasteiger partial charge is 0.300 e. The SMILES string of the molecule is CC(C)CC(=O)CCc1cccc(C(F)(F)F)c1. The number of hydrogen-bond acceptors (Lipinski definition) is 1. The Morgan fingerprint density at radius 2 is 1.94 bits per heavy atom. The molecule has 4 heteroatoms. The average Bonchev–Trinajstić information content (AvgIpc) is 2.25. The number of carbonyl (C=O) groups excluding carboxylic acids is 1. The van der Waals surface area contributed by atoms with E-state index in [1.165, 1.54) is 6.07 Å². The summed E-state index contributed by atoms with van der Waals surface area (Å²) in [5, 5.41) is 0. The van der Waals surface area contributed by atoms with E-state index in [0.717, 1.165) is 12.1 Å². The molecule has 0 saturated heterocycles. The monoisotopic (exact) mass is 258 g/mol. The minimum atomic E-state index is -4.32. The lowest BCUT2D eigenvalue weighted by Crippen LogP contribution is -2.07. The van der Waals surface area contributed by atoms with Crippen LogP contribution in [0.5, 0.6) is 0 Å². The molecule has 0 heterocycles. The number of carbonyl (C=O) groups is 1. The van der Waals surface area contributed by atoms with Crippen LogP contribution in [-0.4, -0.2) is 5.78 Å². The van der Waals surface area contributed by atoms with Crippen molar-refractivity contribution in [3.63, 3.8) is 0 Å². The van der Waals surface area contributed by atoms with Gasteiger partial charge in [-0.05, 0) is 24.0 Å². The second-order valence-electron chi connectivity index (χ2n) is 4.83. The first-order valence-corrected chi connectivity index (χ1v) is 5.97. The van der Waals surface area contributed by atoms with Crippen LogP contribution in [0.15, 0.2) is 24.3 Å². The molecule has 18 heavy (non-hydrogen) atoms. The predicted octanol–water partition coefficient (Wildman–Crippen LogP) is 4.25. The third-order valence-electron chi connectivity index (χ3n) is 2.58. The molecular weight excluding hydrogens is 241 g/mol. The fraction of sp³-hybridized carbons (Fsp3) is 0.500. The summed E-state index contributed by atoms with van der Waals surface area (Å²) < 4.78 is 37.4. The summed E-state index contributed by atoms with van der Waals surface area (Å²) in [7, 11) is 0. The third-order valence-corrected chi connectivity index (χ3v) is 2.58. The minimum Gasteiger partial charge on any atom is -0.300 e. The zero-order chi connectivity index (χ0) is 13.8. The van der Waals surface area contributed by atoms with Gasteiger partial charge in [0, 0.05) is 12.8 Å². The number of hydrogen-bond donors (Lipinski definition) is 0. The molecule has 0 N–H and O–H groups in total. The standard InChI is InChI=1S/C14H17F3O/c1-10(2)8-13(18)7-6-11-4-3-5-12(9-11)14(15,16)17/h3-5,9-10H,6-8H2,1-2H3. The maximum Gasteiger partial charge on any atom is 0.416 e. The van der Waals surface area contributed by atoms with Crippen molar-refractivity contribution in [2.24, 2.45) is 5.92 Å². The highest BCUT2D eigenvalue weighted by Crippen LogP contribution is 2.29. The second kappa shape index (κ2) is 6.03. The highest BCUT2D eigenvalue weighted by Gasteiger charge is 2.30. The molecule has 1 aromatic rings. The van der Waals surface area contributed by atoms with Crippen molar-refractivity contribution in [2.75, 3.05) is 0 Å². The zero-order valence-corrected chi connectivity index (χ0v) is 10.6. The number of benzene rings is 1. The van der Waals surface area contributed by atoms with Crippen LogP contribution in [0.25, 0.3) is 0 Å².